The highest BCUT2D eigenvalue weighted by Crippen LogP contribution is 2.35. The second-order valence-corrected chi connectivity index (χ2v) is 13.3. The molecule has 2 atom stereocenters. The van der Waals surface area contributed by atoms with Crippen molar-refractivity contribution in [1.29, 1.82) is 0 Å². The third-order valence-electron chi connectivity index (χ3n) is 9.30. The molecule has 3 heterocycles. The number of nitrogens with zero attached hydrogens (tertiary/aromatic N) is 4. The summed E-state index contributed by atoms with van der Waals surface area (Å²) in [6, 6.07) is 19.0. The Kier molecular flexibility index (Phi) is 14.1. The standard InChI is InChI=1S/C39H51N7O6/c1-28(31-10-8-13-34(27-31)52-24-6-4-5-22-50-23-9-25-51-29(2)37(48)49)41-36(47)32-11-7-12-33(26-32)43-39(16-20-46(3)21-17-39)38-42-35(44-45-38)30-14-18-40-19-15-30/h7-8,10-15,18-19,26-29,43H,4-6,9,16-17,20-25H2,1-3H3,(H,41,47)(H,48,49)(H,42,44,45). The van der Waals surface area contributed by atoms with Crippen molar-refractivity contribution in [1.82, 2.24) is 30.4 Å². The maximum Gasteiger partial charge on any atom is 0.332 e. The fraction of sp³-hybridized carbons (Fsp3) is 0.462. The summed E-state index contributed by atoms with van der Waals surface area (Å²) in [5, 5.41) is 24.7. The zero-order valence-electron chi connectivity index (χ0n) is 30.3. The van der Waals surface area contributed by atoms with Crippen LogP contribution in [-0.4, -0.2) is 94.7 Å². The highest BCUT2D eigenvalue weighted by Gasteiger charge is 2.39. The predicted molar refractivity (Wildman–Crippen MR) is 198 cm³/mol. The molecule has 52 heavy (non-hydrogen) atoms. The Labute approximate surface area is 305 Å². The summed E-state index contributed by atoms with van der Waals surface area (Å²) < 4.78 is 16.8. The lowest BCUT2D eigenvalue weighted by Crippen LogP contribution is -2.46. The molecule has 2 aromatic carbocycles. The zero-order valence-corrected chi connectivity index (χ0v) is 30.3. The molecule has 1 saturated heterocycles. The number of rotatable bonds is 20. The largest absolute Gasteiger partial charge is 0.494 e. The normalized spacial score (nSPS) is 15.4. The van der Waals surface area contributed by atoms with Crippen LogP contribution in [0.5, 0.6) is 5.75 Å². The first-order valence-electron chi connectivity index (χ1n) is 18.1. The molecule has 0 radical (unpaired) electrons. The number of aliphatic carboxylic acids is 1. The number of piperidine rings is 1. The Balaban J connectivity index is 1.09. The number of carbonyl (C=O) groups is 2. The molecule has 13 nitrogen and oxygen atoms in total. The van der Waals surface area contributed by atoms with Crippen LogP contribution >= 0.6 is 0 Å². The van der Waals surface area contributed by atoms with Crippen LogP contribution in [0, 0.1) is 0 Å². The number of hydrogen-bond donors (Lipinski definition) is 4. The first-order chi connectivity index (χ1) is 25.2. The van der Waals surface area contributed by atoms with E-state index in [1.165, 1.54) is 6.92 Å². The number of carbonyl (C=O) groups excluding carboxylic acids is 1. The Morgan fingerprint density at radius 2 is 1.67 bits per heavy atom. The fourth-order valence-corrected chi connectivity index (χ4v) is 6.06. The van der Waals surface area contributed by atoms with Gasteiger partial charge in [0, 0.05) is 62.1 Å². The molecule has 0 aliphatic carbocycles. The molecule has 1 fully saturated rings. The van der Waals surface area contributed by atoms with Gasteiger partial charge < -0.3 is 39.8 Å². The number of aromatic nitrogens is 4. The summed E-state index contributed by atoms with van der Waals surface area (Å²) in [4.78, 5) is 34.1. The Morgan fingerprint density at radius 3 is 2.46 bits per heavy atom. The third-order valence-corrected chi connectivity index (χ3v) is 9.30. The minimum Gasteiger partial charge on any atom is -0.494 e. The van der Waals surface area contributed by atoms with Crippen molar-refractivity contribution in [2.45, 2.75) is 70.1 Å². The Hall–Kier alpha value is -4.85. The van der Waals surface area contributed by atoms with Crippen LogP contribution in [0.25, 0.3) is 11.4 Å². The number of ether oxygens (including phenoxy) is 3. The summed E-state index contributed by atoms with van der Waals surface area (Å²) in [6.45, 7) is 7.42. The van der Waals surface area contributed by atoms with Gasteiger partial charge in [-0.1, -0.05) is 18.2 Å². The number of hydrogen-bond acceptors (Lipinski definition) is 10. The van der Waals surface area contributed by atoms with E-state index in [9.17, 15) is 9.59 Å². The maximum atomic E-state index is 13.5. The van der Waals surface area contributed by atoms with Crippen LogP contribution in [0.1, 0.15) is 80.2 Å². The quantitative estimate of drug-likeness (QED) is 0.0815. The zero-order chi connectivity index (χ0) is 36.8. The molecule has 278 valence electrons. The van der Waals surface area contributed by atoms with Crippen molar-refractivity contribution in [3.63, 3.8) is 0 Å². The second-order valence-electron chi connectivity index (χ2n) is 13.3. The number of carboxylic acid groups (broad SMARTS) is 1. The number of unbranched alkanes of at least 4 members (excludes halogenated alkanes) is 2. The van der Waals surface area contributed by atoms with Crippen molar-refractivity contribution in [2.24, 2.45) is 0 Å². The lowest BCUT2D eigenvalue weighted by molar-refractivity contribution is -0.149. The fourth-order valence-electron chi connectivity index (χ4n) is 6.06. The van der Waals surface area contributed by atoms with Gasteiger partial charge >= 0.3 is 5.97 Å². The molecule has 4 N–H and O–H groups in total. The summed E-state index contributed by atoms with van der Waals surface area (Å²) in [5.74, 6) is 1.11. The molecular weight excluding hydrogens is 662 g/mol. The van der Waals surface area contributed by atoms with Gasteiger partial charge in [0.1, 0.15) is 5.75 Å². The monoisotopic (exact) mass is 713 g/mol. The van der Waals surface area contributed by atoms with Crippen LogP contribution in [0.3, 0.4) is 0 Å². The minimum atomic E-state index is -0.958. The Bertz CT molecular complexity index is 1710. The Morgan fingerprint density at radius 1 is 0.923 bits per heavy atom. The van der Waals surface area contributed by atoms with E-state index in [0.717, 1.165) is 73.6 Å². The molecule has 2 aromatic heterocycles. The average Bonchev–Trinajstić information content (AvgIpc) is 3.67. The lowest BCUT2D eigenvalue weighted by atomic mass is 9.86. The lowest BCUT2D eigenvalue weighted by Gasteiger charge is -2.40. The van der Waals surface area contributed by atoms with E-state index in [0.29, 0.717) is 44.2 Å². The van der Waals surface area contributed by atoms with Gasteiger partial charge in [0.05, 0.1) is 18.2 Å². The molecule has 5 rings (SSSR count). The number of aromatic amines is 1. The molecule has 2 unspecified atom stereocenters. The van der Waals surface area contributed by atoms with Crippen molar-refractivity contribution >= 4 is 17.6 Å². The first-order valence-corrected chi connectivity index (χ1v) is 18.1. The van der Waals surface area contributed by atoms with Crippen molar-refractivity contribution in [3.8, 4) is 17.1 Å². The van der Waals surface area contributed by atoms with Crippen molar-refractivity contribution in [3.05, 3.63) is 90.0 Å². The summed E-state index contributed by atoms with van der Waals surface area (Å²) in [6.07, 6.45) is 7.77. The van der Waals surface area contributed by atoms with Crippen LogP contribution in [0.15, 0.2) is 73.1 Å². The highest BCUT2D eigenvalue weighted by atomic mass is 16.5. The molecular formula is C39H51N7O6. The highest BCUT2D eigenvalue weighted by molar-refractivity contribution is 5.95. The van der Waals surface area contributed by atoms with Crippen LogP contribution in [-0.2, 0) is 19.8 Å². The topological polar surface area (TPSA) is 164 Å². The number of nitrogens with one attached hydrogen (secondary N) is 3. The van der Waals surface area contributed by atoms with E-state index >= 15 is 0 Å². The van der Waals surface area contributed by atoms with Crippen LogP contribution in [0.2, 0.25) is 0 Å². The van der Waals surface area contributed by atoms with Crippen molar-refractivity contribution < 1.29 is 28.9 Å². The summed E-state index contributed by atoms with van der Waals surface area (Å²) in [5.41, 5.74) is 2.81. The minimum absolute atomic E-state index is 0.163. The van der Waals surface area contributed by atoms with Gasteiger partial charge in [-0.25, -0.2) is 4.79 Å². The van der Waals surface area contributed by atoms with Gasteiger partial charge in [0.25, 0.3) is 5.91 Å². The SMILES string of the molecule is CC(OCCCOCCCCCOc1cccc(C(C)NC(=O)c2cccc(NC3(c4nnc(-c5ccncc5)[nH]4)CCN(C)CC3)c2)c1)C(=O)O. The smallest absolute Gasteiger partial charge is 0.332 e. The molecule has 0 spiro atoms. The van der Waals surface area contributed by atoms with E-state index in [1.807, 2.05) is 67.6 Å². The van der Waals surface area contributed by atoms with Gasteiger partial charge in [-0.15, -0.1) is 10.2 Å². The first kappa shape index (κ1) is 38.4. The number of H-pyrrole nitrogens is 1. The maximum absolute atomic E-state index is 13.5. The molecule has 4 aromatic rings. The second kappa shape index (κ2) is 19.1. The number of benzene rings is 2. The predicted octanol–water partition coefficient (Wildman–Crippen LogP) is 5.84. The molecule has 13 heteroatoms. The molecule has 0 bridgehead atoms. The van der Waals surface area contributed by atoms with E-state index in [1.54, 1.807) is 12.4 Å². The summed E-state index contributed by atoms with van der Waals surface area (Å²) >= 11 is 0. The van der Waals surface area contributed by atoms with E-state index in [4.69, 9.17) is 19.3 Å². The van der Waals surface area contributed by atoms with Gasteiger partial charge in [0.2, 0.25) is 0 Å². The average molecular weight is 714 g/mol. The van der Waals surface area contributed by atoms with Crippen molar-refractivity contribution in [2.75, 3.05) is 51.9 Å². The molecule has 0 saturated carbocycles. The molecule has 1 amide bonds. The van der Waals surface area contributed by atoms with Crippen LogP contribution in [0.4, 0.5) is 5.69 Å². The summed E-state index contributed by atoms with van der Waals surface area (Å²) in [7, 11) is 2.12. The number of anilines is 1. The van der Waals surface area contributed by atoms with Gasteiger partial charge in [-0.3, -0.25) is 9.78 Å². The molecule has 1 aliphatic heterocycles. The van der Waals surface area contributed by atoms with E-state index in [-0.39, 0.29) is 11.9 Å². The van der Waals surface area contributed by atoms with Gasteiger partial charge in [-0.05, 0) is 107 Å². The van der Waals surface area contributed by atoms with Gasteiger partial charge in [0.15, 0.2) is 17.8 Å². The van der Waals surface area contributed by atoms with E-state index < -0.39 is 17.6 Å². The van der Waals surface area contributed by atoms with Gasteiger partial charge in [-0.2, -0.15) is 0 Å². The number of pyridine rings is 1. The number of amides is 1. The third kappa shape index (κ3) is 11.1. The number of likely N-dealkylation sites (tertiary alicyclic amines) is 1. The van der Waals surface area contributed by atoms with Crippen LogP contribution < -0.4 is 15.4 Å². The molecule has 1 aliphatic rings. The van der Waals surface area contributed by atoms with E-state index in [2.05, 4.69) is 42.7 Å². The number of carboxylic acids is 1.